The molecule has 0 aliphatic carbocycles. The van der Waals surface area contributed by atoms with E-state index in [0.717, 1.165) is 37.6 Å². The smallest absolute Gasteiger partial charge is 0.254 e. The first-order valence-electron chi connectivity index (χ1n) is 11.1. The van der Waals surface area contributed by atoms with E-state index in [1.54, 1.807) is 31.2 Å². The summed E-state index contributed by atoms with van der Waals surface area (Å²) in [5, 5.41) is 10.1. The number of nitrogens with zero attached hydrogens (tertiary/aromatic N) is 1. The molecule has 1 aliphatic rings. The number of amidine groups is 1. The van der Waals surface area contributed by atoms with Gasteiger partial charge in [0.15, 0.2) is 17.7 Å². The first-order chi connectivity index (χ1) is 15.9. The zero-order chi connectivity index (χ0) is 23.8. The van der Waals surface area contributed by atoms with Gasteiger partial charge in [0.25, 0.3) is 5.91 Å². The average molecular weight is 533 g/mol. The third kappa shape index (κ3) is 8.31. The van der Waals surface area contributed by atoms with Gasteiger partial charge in [-0.15, -0.1) is 24.8 Å². The fourth-order valence-corrected chi connectivity index (χ4v) is 3.73. The molecule has 35 heavy (non-hydrogen) atoms. The molecule has 1 fully saturated rings. The number of hydrogen-bond acceptors (Lipinski definition) is 5. The maximum Gasteiger partial charge on any atom is 0.254 e. The number of nitrogens with two attached hydrogens (primary N) is 1. The van der Waals surface area contributed by atoms with Crippen LogP contribution in [0.15, 0.2) is 36.4 Å². The van der Waals surface area contributed by atoms with Crippen LogP contribution in [-0.2, 0) is 16.1 Å². The Labute approximate surface area is 216 Å². The number of nitrogen functional groups attached to an aromatic ring is 1. The Morgan fingerprint density at radius 1 is 1.14 bits per heavy atom. The van der Waals surface area contributed by atoms with Gasteiger partial charge in [0.05, 0.1) is 5.56 Å². The SMILES string of the molecule is CCOC(C(=O)NCc1ccc(C(=N)N)cc1)c1c(F)ccc(OCCN2CCCC2)c1F.Cl.Cl. The summed E-state index contributed by atoms with van der Waals surface area (Å²) in [6.45, 7) is 4.76. The molecule has 0 aromatic heterocycles. The lowest BCUT2D eigenvalue weighted by Crippen LogP contribution is -2.32. The van der Waals surface area contributed by atoms with Gasteiger partial charge in [-0.1, -0.05) is 24.3 Å². The van der Waals surface area contributed by atoms with Crippen LogP contribution in [-0.4, -0.2) is 49.5 Å². The van der Waals surface area contributed by atoms with Gasteiger partial charge in [0.1, 0.15) is 18.3 Å². The minimum atomic E-state index is -1.46. The Morgan fingerprint density at radius 2 is 1.80 bits per heavy atom. The van der Waals surface area contributed by atoms with Gasteiger partial charge in [-0.25, -0.2) is 8.78 Å². The minimum Gasteiger partial charge on any atom is -0.489 e. The summed E-state index contributed by atoms with van der Waals surface area (Å²) in [6, 6.07) is 9.06. The van der Waals surface area contributed by atoms with Crippen molar-refractivity contribution in [2.45, 2.75) is 32.4 Å². The molecular weight excluding hydrogens is 501 g/mol. The number of halogens is 4. The van der Waals surface area contributed by atoms with Gasteiger partial charge in [-0.2, -0.15) is 0 Å². The number of carbonyl (C=O) groups excluding carboxylic acids is 1. The molecule has 1 aliphatic heterocycles. The number of likely N-dealkylation sites (tertiary alicyclic amines) is 1. The van der Waals surface area contributed by atoms with E-state index in [1.807, 2.05) is 0 Å². The number of ether oxygens (including phenoxy) is 2. The summed E-state index contributed by atoms with van der Waals surface area (Å²) in [5.41, 5.74) is 6.26. The number of rotatable bonds is 11. The molecule has 0 bridgehead atoms. The van der Waals surface area contributed by atoms with Crippen molar-refractivity contribution in [2.75, 3.05) is 32.8 Å². The third-order valence-electron chi connectivity index (χ3n) is 5.52. The van der Waals surface area contributed by atoms with Crippen LogP contribution >= 0.6 is 24.8 Å². The predicted octanol–water partition coefficient (Wildman–Crippen LogP) is 3.96. The Hall–Kier alpha value is -2.46. The lowest BCUT2D eigenvalue weighted by Gasteiger charge is -2.20. The summed E-state index contributed by atoms with van der Waals surface area (Å²) in [4.78, 5) is 15.0. The van der Waals surface area contributed by atoms with Gasteiger partial charge in [-0.3, -0.25) is 15.1 Å². The lowest BCUT2D eigenvalue weighted by atomic mass is 10.1. The summed E-state index contributed by atoms with van der Waals surface area (Å²) in [5.74, 6) is -2.65. The van der Waals surface area contributed by atoms with E-state index in [1.165, 1.54) is 6.07 Å². The molecule has 1 saturated heterocycles. The molecule has 3 rings (SSSR count). The molecule has 0 saturated carbocycles. The molecule has 1 atom stereocenters. The van der Waals surface area contributed by atoms with Crippen molar-refractivity contribution in [3.63, 3.8) is 0 Å². The highest BCUT2D eigenvalue weighted by Gasteiger charge is 2.29. The number of amides is 1. The van der Waals surface area contributed by atoms with E-state index in [9.17, 15) is 9.18 Å². The Kier molecular flexibility index (Phi) is 13.0. The average Bonchev–Trinajstić information content (AvgIpc) is 3.32. The molecule has 7 nitrogen and oxygen atoms in total. The van der Waals surface area contributed by atoms with Crippen LogP contribution in [0, 0.1) is 17.0 Å². The van der Waals surface area contributed by atoms with Crippen molar-refractivity contribution in [1.29, 1.82) is 5.41 Å². The Morgan fingerprint density at radius 3 is 2.40 bits per heavy atom. The topological polar surface area (TPSA) is 101 Å². The van der Waals surface area contributed by atoms with Crippen molar-refractivity contribution >= 4 is 36.6 Å². The second-order valence-corrected chi connectivity index (χ2v) is 7.83. The highest BCUT2D eigenvalue weighted by molar-refractivity contribution is 5.94. The van der Waals surface area contributed by atoms with Crippen molar-refractivity contribution in [3.8, 4) is 5.75 Å². The van der Waals surface area contributed by atoms with Crippen molar-refractivity contribution in [2.24, 2.45) is 5.73 Å². The first kappa shape index (κ1) is 30.6. The molecule has 1 unspecified atom stereocenters. The minimum absolute atomic E-state index is 0. The van der Waals surface area contributed by atoms with Gasteiger partial charge >= 0.3 is 0 Å². The van der Waals surface area contributed by atoms with Gasteiger partial charge in [0, 0.05) is 25.3 Å². The largest absolute Gasteiger partial charge is 0.489 e. The fraction of sp³-hybridized carbons (Fsp3) is 0.417. The molecule has 0 spiro atoms. The standard InChI is InChI=1S/C24H30F2N4O3.2ClH/c1-2-32-22(24(31)29-15-16-5-7-17(8-6-16)23(27)28)20-18(25)9-10-19(21(20)26)33-14-13-30-11-3-4-12-30;;/h5-10,22H,2-4,11-15H2,1H3,(H3,27,28)(H,29,31);2*1H. The molecule has 1 amide bonds. The quantitative estimate of drug-likeness (QED) is 0.300. The molecule has 11 heteroatoms. The van der Waals surface area contributed by atoms with Crippen LogP contribution in [0.3, 0.4) is 0 Å². The van der Waals surface area contributed by atoms with E-state index >= 15 is 4.39 Å². The van der Waals surface area contributed by atoms with E-state index in [0.29, 0.717) is 12.1 Å². The second-order valence-electron chi connectivity index (χ2n) is 7.83. The number of benzene rings is 2. The van der Waals surface area contributed by atoms with Gasteiger partial charge in [-0.05, 0) is 50.6 Å². The van der Waals surface area contributed by atoms with E-state index < -0.39 is 29.2 Å². The number of nitrogens with one attached hydrogen (secondary N) is 2. The fourth-order valence-electron chi connectivity index (χ4n) is 3.73. The van der Waals surface area contributed by atoms with Crippen LogP contribution in [0.2, 0.25) is 0 Å². The van der Waals surface area contributed by atoms with Crippen molar-refractivity contribution < 1.29 is 23.0 Å². The molecule has 2 aromatic carbocycles. The number of carbonyl (C=O) groups is 1. The monoisotopic (exact) mass is 532 g/mol. The van der Waals surface area contributed by atoms with Crippen LogP contribution in [0.4, 0.5) is 8.78 Å². The van der Waals surface area contributed by atoms with E-state index in [2.05, 4.69) is 10.2 Å². The van der Waals surface area contributed by atoms with Crippen LogP contribution in [0.25, 0.3) is 0 Å². The molecular formula is C24H32Cl2F2N4O3. The molecule has 1 heterocycles. The summed E-state index contributed by atoms with van der Waals surface area (Å²) >= 11 is 0. The lowest BCUT2D eigenvalue weighted by molar-refractivity contribution is -0.133. The van der Waals surface area contributed by atoms with Gasteiger partial charge in [0.2, 0.25) is 0 Å². The Bertz CT molecular complexity index is 974. The van der Waals surface area contributed by atoms with Crippen LogP contribution < -0.4 is 15.8 Å². The second kappa shape index (κ2) is 14.8. The molecule has 0 radical (unpaired) electrons. The first-order valence-corrected chi connectivity index (χ1v) is 11.1. The van der Waals surface area contributed by atoms with E-state index in [-0.39, 0.29) is 56.2 Å². The van der Waals surface area contributed by atoms with Gasteiger partial charge < -0.3 is 20.5 Å². The zero-order valence-corrected chi connectivity index (χ0v) is 21.2. The molecule has 4 N–H and O–H groups in total. The Balaban J connectivity index is 0.00000306. The molecule has 194 valence electrons. The summed E-state index contributed by atoms with van der Waals surface area (Å²) in [7, 11) is 0. The summed E-state index contributed by atoms with van der Waals surface area (Å²) < 4.78 is 40.8. The highest BCUT2D eigenvalue weighted by atomic mass is 35.5. The maximum atomic E-state index is 15.2. The summed E-state index contributed by atoms with van der Waals surface area (Å²) in [6.07, 6.45) is 0.816. The van der Waals surface area contributed by atoms with Crippen LogP contribution in [0.1, 0.15) is 42.6 Å². The van der Waals surface area contributed by atoms with Crippen molar-refractivity contribution in [1.82, 2.24) is 10.2 Å². The molecule has 2 aromatic rings. The highest BCUT2D eigenvalue weighted by Crippen LogP contribution is 2.30. The maximum absolute atomic E-state index is 15.2. The van der Waals surface area contributed by atoms with Crippen LogP contribution in [0.5, 0.6) is 5.75 Å². The number of hydrogen-bond donors (Lipinski definition) is 3. The third-order valence-corrected chi connectivity index (χ3v) is 5.52. The van der Waals surface area contributed by atoms with E-state index in [4.69, 9.17) is 20.6 Å². The predicted molar refractivity (Wildman–Crippen MR) is 136 cm³/mol. The normalized spacial score (nSPS) is 13.9. The zero-order valence-electron chi connectivity index (χ0n) is 19.5. The van der Waals surface area contributed by atoms with Crippen molar-refractivity contribution in [3.05, 3.63) is 64.7 Å².